The third-order valence-corrected chi connectivity index (χ3v) is 4.31. The number of nitrogens with two attached hydrogens (primary N) is 1. The van der Waals surface area contributed by atoms with Gasteiger partial charge in [-0.2, -0.15) is 11.8 Å². The molecule has 0 spiro atoms. The maximum Gasteiger partial charge on any atom is 0.0116 e. The van der Waals surface area contributed by atoms with E-state index in [-0.39, 0.29) is 0 Å². The van der Waals surface area contributed by atoms with Gasteiger partial charge >= 0.3 is 0 Å². The highest BCUT2D eigenvalue weighted by atomic mass is 32.2. The first-order chi connectivity index (χ1) is 7.25. The van der Waals surface area contributed by atoms with E-state index in [4.69, 9.17) is 5.73 Å². The van der Waals surface area contributed by atoms with Crippen LogP contribution >= 0.6 is 11.8 Å². The normalized spacial score (nSPS) is 22.9. The SMILES string of the molecule is Cc1cccc(CC(N)C2CCSC2)c1. The van der Waals surface area contributed by atoms with E-state index in [1.165, 1.54) is 29.1 Å². The lowest BCUT2D eigenvalue weighted by Gasteiger charge is -2.18. The number of benzene rings is 1. The second-order valence-electron chi connectivity index (χ2n) is 4.48. The van der Waals surface area contributed by atoms with Crippen LogP contribution in [0.1, 0.15) is 17.5 Å². The van der Waals surface area contributed by atoms with Crippen LogP contribution in [0.2, 0.25) is 0 Å². The Bertz CT molecular complexity index is 318. The zero-order valence-electron chi connectivity index (χ0n) is 9.28. The van der Waals surface area contributed by atoms with E-state index >= 15 is 0 Å². The smallest absolute Gasteiger partial charge is 0.0116 e. The van der Waals surface area contributed by atoms with Crippen LogP contribution in [0.25, 0.3) is 0 Å². The predicted molar refractivity (Wildman–Crippen MR) is 68.3 cm³/mol. The lowest BCUT2D eigenvalue weighted by atomic mass is 9.93. The van der Waals surface area contributed by atoms with Crippen molar-refractivity contribution in [2.45, 2.75) is 25.8 Å². The molecule has 82 valence electrons. The molecule has 2 rings (SSSR count). The minimum absolute atomic E-state index is 0.349. The molecular formula is C13H19NS. The maximum atomic E-state index is 6.25. The van der Waals surface area contributed by atoms with E-state index in [9.17, 15) is 0 Å². The van der Waals surface area contributed by atoms with Gasteiger partial charge in [-0.15, -0.1) is 0 Å². The van der Waals surface area contributed by atoms with Gasteiger partial charge in [0, 0.05) is 6.04 Å². The van der Waals surface area contributed by atoms with Gasteiger partial charge in [-0.05, 0) is 42.8 Å². The molecule has 15 heavy (non-hydrogen) atoms. The Morgan fingerprint density at radius 1 is 1.53 bits per heavy atom. The van der Waals surface area contributed by atoms with Gasteiger partial charge in [0.1, 0.15) is 0 Å². The van der Waals surface area contributed by atoms with Gasteiger partial charge in [0.25, 0.3) is 0 Å². The van der Waals surface area contributed by atoms with Crippen molar-refractivity contribution in [1.29, 1.82) is 0 Å². The summed E-state index contributed by atoms with van der Waals surface area (Å²) in [6, 6.07) is 9.06. The van der Waals surface area contributed by atoms with E-state index in [1.807, 2.05) is 11.8 Å². The molecule has 1 saturated heterocycles. The maximum absolute atomic E-state index is 6.25. The highest BCUT2D eigenvalue weighted by Gasteiger charge is 2.22. The van der Waals surface area contributed by atoms with E-state index in [0.29, 0.717) is 6.04 Å². The third kappa shape index (κ3) is 2.99. The Balaban J connectivity index is 1.95. The molecule has 2 N–H and O–H groups in total. The Morgan fingerprint density at radius 2 is 2.40 bits per heavy atom. The van der Waals surface area contributed by atoms with Gasteiger partial charge in [-0.25, -0.2) is 0 Å². The third-order valence-electron chi connectivity index (χ3n) is 3.12. The Hall–Kier alpha value is -0.470. The fourth-order valence-electron chi connectivity index (χ4n) is 2.17. The Morgan fingerprint density at radius 3 is 3.07 bits per heavy atom. The van der Waals surface area contributed by atoms with Crippen molar-refractivity contribution in [3.05, 3.63) is 35.4 Å². The standard InChI is InChI=1S/C13H19NS/c1-10-3-2-4-11(7-10)8-13(14)12-5-6-15-9-12/h2-4,7,12-13H,5-6,8-9,14H2,1H3. The van der Waals surface area contributed by atoms with Crippen LogP contribution < -0.4 is 5.73 Å². The van der Waals surface area contributed by atoms with Crippen molar-refractivity contribution in [3.63, 3.8) is 0 Å². The summed E-state index contributed by atoms with van der Waals surface area (Å²) in [5.41, 5.74) is 8.97. The molecule has 0 aliphatic carbocycles. The minimum atomic E-state index is 0.349. The van der Waals surface area contributed by atoms with E-state index < -0.39 is 0 Å². The molecule has 1 aromatic carbocycles. The lowest BCUT2D eigenvalue weighted by Crippen LogP contribution is -2.32. The van der Waals surface area contributed by atoms with Gasteiger partial charge < -0.3 is 5.73 Å². The number of rotatable bonds is 3. The molecule has 0 saturated carbocycles. The van der Waals surface area contributed by atoms with Gasteiger partial charge in [0.2, 0.25) is 0 Å². The van der Waals surface area contributed by atoms with Gasteiger partial charge in [-0.3, -0.25) is 0 Å². The van der Waals surface area contributed by atoms with Crippen LogP contribution in [0.15, 0.2) is 24.3 Å². The summed E-state index contributed by atoms with van der Waals surface area (Å²) in [6.45, 7) is 2.14. The second-order valence-corrected chi connectivity index (χ2v) is 5.63. The first kappa shape index (κ1) is 11.0. The number of aryl methyl sites for hydroxylation is 1. The zero-order valence-corrected chi connectivity index (χ0v) is 10.1. The molecule has 1 aromatic rings. The molecule has 0 radical (unpaired) electrons. The van der Waals surface area contributed by atoms with Crippen molar-refractivity contribution < 1.29 is 0 Å². The van der Waals surface area contributed by atoms with Gasteiger partial charge in [0.05, 0.1) is 0 Å². The minimum Gasteiger partial charge on any atom is -0.327 e. The molecular weight excluding hydrogens is 202 g/mol. The quantitative estimate of drug-likeness (QED) is 0.849. The van der Waals surface area contributed by atoms with E-state index in [1.54, 1.807) is 0 Å². The van der Waals surface area contributed by atoms with Crippen LogP contribution in [-0.2, 0) is 6.42 Å². The highest BCUT2D eigenvalue weighted by molar-refractivity contribution is 7.99. The molecule has 0 bridgehead atoms. The molecule has 1 heterocycles. The lowest BCUT2D eigenvalue weighted by molar-refractivity contribution is 0.463. The summed E-state index contributed by atoms with van der Waals surface area (Å²) < 4.78 is 0. The number of thioether (sulfide) groups is 1. The second kappa shape index (κ2) is 5.04. The van der Waals surface area contributed by atoms with Crippen molar-refractivity contribution >= 4 is 11.8 Å². The summed E-state index contributed by atoms with van der Waals surface area (Å²) in [5, 5.41) is 0. The van der Waals surface area contributed by atoms with Crippen molar-refractivity contribution in [3.8, 4) is 0 Å². The summed E-state index contributed by atoms with van der Waals surface area (Å²) >= 11 is 2.04. The van der Waals surface area contributed by atoms with Crippen LogP contribution in [-0.4, -0.2) is 17.5 Å². The average Bonchev–Trinajstić information content (AvgIpc) is 2.70. The van der Waals surface area contributed by atoms with Gasteiger partial charge in [-0.1, -0.05) is 29.8 Å². The predicted octanol–water partition coefficient (Wildman–Crippen LogP) is 2.62. The Kier molecular flexibility index (Phi) is 3.71. The molecule has 1 aliphatic rings. The monoisotopic (exact) mass is 221 g/mol. The fraction of sp³-hybridized carbons (Fsp3) is 0.538. The zero-order chi connectivity index (χ0) is 10.7. The summed E-state index contributed by atoms with van der Waals surface area (Å²) in [5.74, 6) is 3.29. The topological polar surface area (TPSA) is 26.0 Å². The van der Waals surface area contributed by atoms with Crippen LogP contribution in [0, 0.1) is 12.8 Å². The summed E-state index contributed by atoms with van der Waals surface area (Å²) in [7, 11) is 0. The summed E-state index contributed by atoms with van der Waals surface area (Å²) in [6.07, 6.45) is 2.34. The molecule has 2 unspecified atom stereocenters. The number of hydrogen-bond donors (Lipinski definition) is 1. The van der Waals surface area contributed by atoms with Crippen molar-refractivity contribution in [2.24, 2.45) is 11.7 Å². The van der Waals surface area contributed by atoms with Crippen molar-refractivity contribution in [2.75, 3.05) is 11.5 Å². The first-order valence-electron chi connectivity index (χ1n) is 5.64. The van der Waals surface area contributed by atoms with E-state index in [0.717, 1.165) is 12.3 Å². The first-order valence-corrected chi connectivity index (χ1v) is 6.80. The molecule has 1 nitrogen and oxygen atoms in total. The molecule has 1 fully saturated rings. The van der Waals surface area contributed by atoms with Crippen LogP contribution in [0.3, 0.4) is 0 Å². The van der Waals surface area contributed by atoms with Gasteiger partial charge in [0.15, 0.2) is 0 Å². The average molecular weight is 221 g/mol. The largest absolute Gasteiger partial charge is 0.327 e. The number of hydrogen-bond acceptors (Lipinski definition) is 2. The molecule has 0 aromatic heterocycles. The molecule has 1 aliphatic heterocycles. The van der Waals surface area contributed by atoms with E-state index in [2.05, 4.69) is 31.2 Å². The Labute approximate surface area is 96.4 Å². The summed E-state index contributed by atoms with van der Waals surface area (Å²) in [4.78, 5) is 0. The molecule has 2 heteroatoms. The molecule has 2 atom stereocenters. The molecule has 0 amide bonds. The van der Waals surface area contributed by atoms with Crippen LogP contribution in [0.4, 0.5) is 0 Å². The highest BCUT2D eigenvalue weighted by Crippen LogP contribution is 2.26. The van der Waals surface area contributed by atoms with Crippen LogP contribution in [0.5, 0.6) is 0 Å². The van der Waals surface area contributed by atoms with Crippen molar-refractivity contribution in [1.82, 2.24) is 0 Å². The fourth-order valence-corrected chi connectivity index (χ4v) is 3.52.